The van der Waals surface area contributed by atoms with Crippen LogP contribution in [-0.4, -0.2) is 17.3 Å². The molecule has 5 nitrogen and oxygen atoms in total. The molecule has 0 bridgehead atoms. The van der Waals surface area contributed by atoms with Gasteiger partial charge in [-0.2, -0.15) is 4.98 Å². The first-order valence-corrected chi connectivity index (χ1v) is 6.47. The number of nitrogens with zero attached hydrogens (tertiary/aromatic N) is 2. The summed E-state index contributed by atoms with van der Waals surface area (Å²) in [6.45, 7) is 0. The number of hydrogen-bond donors (Lipinski definition) is 1. The summed E-state index contributed by atoms with van der Waals surface area (Å²) in [6, 6.07) is 9.28. The monoisotopic (exact) mass is 273 g/mol. The van der Waals surface area contributed by atoms with Gasteiger partial charge in [0.05, 0.1) is 12.8 Å². The number of nitrogen functional groups attached to an aromatic ring is 1. The highest BCUT2D eigenvalue weighted by Crippen LogP contribution is 2.31. The Kier molecular flexibility index (Phi) is 2.92. The van der Waals surface area contributed by atoms with Gasteiger partial charge in [0.25, 0.3) is 5.89 Å². The molecule has 96 valence electrons. The molecule has 0 amide bonds. The van der Waals surface area contributed by atoms with Crippen molar-refractivity contribution in [2.45, 2.75) is 0 Å². The van der Waals surface area contributed by atoms with Gasteiger partial charge in [0.15, 0.2) is 0 Å². The van der Waals surface area contributed by atoms with Crippen molar-refractivity contribution in [3.8, 4) is 27.9 Å². The molecular weight excluding hydrogens is 262 g/mol. The molecule has 0 atom stereocenters. The first-order chi connectivity index (χ1) is 9.28. The van der Waals surface area contributed by atoms with Crippen molar-refractivity contribution in [2.24, 2.45) is 0 Å². The van der Waals surface area contributed by atoms with Crippen LogP contribution in [-0.2, 0) is 0 Å². The number of rotatable bonds is 3. The Morgan fingerprint density at radius 2 is 2.00 bits per heavy atom. The molecule has 3 rings (SSSR count). The van der Waals surface area contributed by atoms with Gasteiger partial charge in [0, 0.05) is 5.56 Å². The number of anilines is 1. The van der Waals surface area contributed by atoms with E-state index in [4.69, 9.17) is 15.0 Å². The van der Waals surface area contributed by atoms with E-state index in [0.29, 0.717) is 17.4 Å². The van der Waals surface area contributed by atoms with Crippen LogP contribution < -0.4 is 10.5 Å². The first-order valence-electron chi connectivity index (χ1n) is 5.59. The predicted molar refractivity (Wildman–Crippen MR) is 74.0 cm³/mol. The van der Waals surface area contributed by atoms with E-state index in [2.05, 4.69) is 10.1 Å². The van der Waals surface area contributed by atoms with Gasteiger partial charge in [0.1, 0.15) is 10.6 Å². The van der Waals surface area contributed by atoms with Gasteiger partial charge in [-0.25, -0.2) is 0 Å². The zero-order chi connectivity index (χ0) is 13.2. The maximum absolute atomic E-state index is 5.82. The SMILES string of the molecule is COc1ccc(-c2noc(-c3sccc3N)n2)cc1. The van der Waals surface area contributed by atoms with Crippen molar-refractivity contribution < 1.29 is 9.26 Å². The summed E-state index contributed by atoms with van der Waals surface area (Å²) in [5.74, 6) is 1.76. The molecule has 0 fully saturated rings. The lowest BCUT2D eigenvalue weighted by atomic mass is 10.2. The second-order valence-electron chi connectivity index (χ2n) is 3.86. The Balaban J connectivity index is 1.94. The Bertz CT molecular complexity index is 688. The number of nitrogens with two attached hydrogens (primary N) is 1. The van der Waals surface area contributed by atoms with E-state index in [9.17, 15) is 0 Å². The Hall–Kier alpha value is -2.34. The fourth-order valence-electron chi connectivity index (χ4n) is 1.67. The minimum Gasteiger partial charge on any atom is -0.497 e. The molecule has 0 radical (unpaired) electrons. The predicted octanol–water partition coefficient (Wildman–Crippen LogP) is 3.06. The molecule has 3 aromatic rings. The van der Waals surface area contributed by atoms with Crippen LogP contribution in [0.3, 0.4) is 0 Å². The lowest BCUT2D eigenvalue weighted by Gasteiger charge is -1.98. The van der Waals surface area contributed by atoms with Crippen LogP contribution in [0.1, 0.15) is 0 Å². The molecular formula is C13H11N3O2S. The smallest absolute Gasteiger partial charge is 0.270 e. The molecule has 0 aliphatic heterocycles. The van der Waals surface area contributed by atoms with Gasteiger partial charge in [-0.1, -0.05) is 5.16 Å². The van der Waals surface area contributed by atoms with E-state index < -0.39 is 0 Å². The minimum absolute atomic E-state index is 0.443. The number of benzene rings is 1. The fraction of sp³-hybridized carbons (Fsp3) is 0.0769. The molecule has 0 spiro atoms. The highest BCUT2D eigenvalue weighted by molar-refractivity contribution is 7.14. The van der Waals surface area contributed by atoms with Crippen molar-refractivity contribution in [3.63, 3.8) is 0 Å². The van der Waals surface area contributed by atoms with Gasteiger partial charge in [0.2, 0.25) is 5.82 Å². The van der Waals surface area contributed by atoms with Gasteiger partial charge in [-0.3, -0.25) is 0 Å². The average Bonchev–Trinajstić information content (AvgIpc) is 3.07. The first kappa shape index (κ1) is 11.7. The minimum atomic E-state index is 0.443. The summed E-state index contributed by atoms with van der Waals surface area (Å²) in [4.78, 5) is 5.15. The summed E-state index contributed by atoms with van der Waals surface area (Å²) < 4.78 is 10.3. The highest BCUT2D eigenvalue weighted by Gasteiger charge is 2.14. The average molecular weight is 273 g/mol. The van der Waals surface area contributed by atoms with E-state index in [1.54, 1.807) is 7.11 Å². The zero-order valence-electron chi connectivity index (χ0n) is 10.2. The third kappa shape index (κ3) is 2.17. The van der Waals surface area contributed by atoms with Crippen LogP contribution in [0.25, 0.3) is 22.2 Å². The highest BCUT2D eigenvalue weighted by atomic mass is 32.1. The Morgan fingerprint density at radius 3 is 2.63 bits per heavy atom. The van der Waals surface area contributed by atoms with Crippen molar-refractivity contribution in [1.82, 2.24) is 10.1 Å². The second kappa shape index (κ2) is 4.74. The quantitative estimate of drug-likeness (QED) is 0.793. The van der Waals surface area contributed by atoms with E-state index in [0.717, 1.165) is 16.2 Å². The van der Waals surface area contributed by atoms with Gasteiger partial charge in [-0.05, 0) is 35.7 Å². The third-order valence-corrected chi connectivity index (χ3v) is 3.58. The normalized spacial score (nSPS) is 10.6. The van der Waals surface area contributed by atoms with Crippen molar-refractivity contribution >= 4 is 17.0 Å². The van der Waals surface area contributed by atoms with Crippen molar-refractivity contribution in [3.05, 3.63) is 35.7 Å². The van der Waals surface area contributed by atoms with E-state index in [1.165, 1.54) is 11.3 Å². The molecule has 0 aliphatic rings. The Morgan fingerprint density at radius 1 is 1.21 bits per heavy atom. The molecule has 2 N–H and O–H groups in total. The molecule has 1 aromatic carbocycles. The zero-order valence-corrected chi connectivity index (χ0v) is 11.0. The van der Waals surface area contributed by atoms with E-state index in [-0.39, 0.29) is 0 Å². The number of hydrogen-bond acceptors (Lipinski definition) is 6. The summed E-state index contributed by atoms with van der Waals surface area (Å²) in [7, 11) is 1.63. The van der Waals surface area contributed by atoms with Crippen LogP contribution >= 0.6 is 11.3 Å². The molecule has 2 aromatic heterocycles. The maximum atomic E-state index is 5.82. The number of methoxy groups -OCH3 is 1. The van der Waals surface area contributed by atoms with Crippen LogP contribution in [0.4, 0.5) is 5.69 Å². The molecule has 0 aliphatic carbocycles. The lowest BCUT2D eigenvalue weighted by molar-refractivity contribution is 0.415. The Labute approximate surface area is 113 Å². The van der Waals surface area contributed by atoms with Gasteiger partial charge >= 0.3 is 0 Å². The number of ether oxygens (including phenoxy) is 1. The summed E-state index contributed by atoms with van der Waals surface area (Å²) in [5.41, 5.74) is 7.34. The lowest BCUT2D eigenvalue weighted by Crippen LogP contribution is -1.85. The summed E-state index contributed by atoms with van der Waals surface area (Å²) in [6.07, 6.45) is 0. The van der Waals surface area contributed by atoms with Crippen LogP contribution in [0, 0.1) is 0 Å². The van der Waals surface area contributed by atoms with Crippen molar-refractivity contribution in [2.75, 3.05) is 12.8 Å². The van der Waals surface area contributed by atoms with Crippen LogP contribution in [0.15, 0.2) is 40.2 Å². The standard InChI is InChI=1S/C13H11N3O2S/c1-17-9-4-2-8(3-5-9)12-15-13(18-16-12)11-10(14)6-7-19-11/h2-7H,14H2,1H3. The molecule has 6 heteroatoms. The fourth-order valence-corrected chi connectivity index (χ4v) is 2.40. The van der Waals surface area contributed by atoms with Crippen molar-refractivity contribution in [1.29, 1.82) is 0 Å². The topological polar surface area (TPSA) is 74.2 Å². The van der Waals surface area contributed by atoms with Crippen LogP contribution in [0.2, 0.25) is 0 Å². The van der Waals surface area contributed by atoms with E-state index >= 15 is 0 Å². The number of thiophene rings is 1. The summed E-state index contributed by atoms with van der Waals surface area (Å²) >= 11 is 1.48. The molecule has 19 heavy (non-hydrogen) atoms. The third-order valence-electron chi connectivity index (χ3n) is 2.66. The number of aromatic nitrogens is 2. The van der Waals surface area contributed by atoms with Gasteiger partial charge in [-0.15, -0.1) is 11.3 Å². The molecule has 0 unspecified atom stereocenters. The molecule has 0 saturated heterocycles. The largest absolute Gasteiger partial charge is 0.497 e. The van der Waals surface area contributed by atoms with Crippen LogP contribution in [0.5, 0.6) is 5.75 Å². The maximum Gasteiger partial charge on any atom is 0.270 e. The second-order valence-corrected chi connectivity index (χ2v) is 4.77. The van der Waals surface area contributed by atoms with E-state index in [1.807, 2.05) is 35.7 Å². The van der Waals surface area contributed by atoms with Gasteiger partial charge < -0.3 is 15.0 Å². The summed E-state index contributed by atoms with van der Waals surface area (Å²) in [5, 5.41) is 5.85. The molecule has 0 saturated carbocycles. The molecule has 2 heterocycles.